The Morgan fingerprint density at radius 2 is 2.35 bits per heavy atom. The third-order valence-corrected chi connectivity index (χ3v) is 6.22. The first-order valence-electron chi connectivity index (χ1n) is 8.63. The number of amides is 1. The Balaban J connectivity index is 1.82. The van der Waals surface area contributed by atoms with Crippen LogP contribution in [0.15, 0.2) is 11.6 Å². The van der Waals surface area contributed by atoms with Crippen molar-refractivity contribution in [2.75, 3.05) is 26.8 Å². The second-order valence-corrected chi connectivity index (χ2v) is 7.54. The average Bonchev–Trinajstić information content (AvgIpc) is 3.16. The van der Waals surface area contributed by atoms with E-state index < -0.39 is 0 Å². The largest absolute Gasteiger partial charge is 0.383 e. The van der Waals surface area contributed by atoms with Crippen molar-refractivity contribution in [2.45, 2.75) is 57.2 Å². The number of piperidine rings is 1. The van der Waals surface area contributed by atoms with Crippen molar-refractivity contribution in [3.8, 4) is 0 Å². The summed E-state index contributed by atoms with van der Waals surface area (Å²) in [7, 11) is 1.71. The summed E-state index contributed by atoms with van der Waals surface area (Å²) in [6, 6.07) is 0.420. The standard InChI is InChI=1S/C17H27N3O2S/c1-3-14-17(7-5-16(21)20(17)10-11-22-2)6-4-9-19(14)13-15-18-8-12-23-15/h8,12,14H,3-7,9-11,13H2,1-2H3/t14-,17+/m0/s1. The Labute approximate surface area is 142 Å². The van der Waals surface area contributed by atoms with Crippen LogP contribution in [0.5, 0.6) is 0 Å². The number of likely N-dealkylation sites (tertiary alicyclic amines) is 2. The van der Waals surface area contributed by atoms with Gasteiger partial charge in [-0.2, -0.15) is 0 Å². The predicted octanol–water partition coefficient (Wildman–Crippen LogP) is 2.53. The fraction of sp³-hybridized carbons (Fsp3) is 0.765. The van der Waals surface area contributed by atoms with Crippen LogP contribution < -0.4 is 0 Å². The van der Waals surface area contributed by atoms with E-state index in [1.165, 1.54) is 5.01 Å². The van der Waals surface area contributed by atoms with E-state index >= 15 is 0 Å². The Hall–Kier alpha value is -0.980. The van der Waals surface area contributed by atoms with Crippen LogP contribution in [-0.2, 0) is 16.1 Å². The number of thiazole rings is 1. The van der Waals surface area contributed by atoms with Gasteiger partial charge in [-0.05, 0) is 32.2 Å². The molecule has 2 fully saturated rings. The smallest absolute Gasteiger partial charge is 0.223 e. The summed E-state index contributed by atoms with van der Waals surface area (Å²) in [5.74, 6) is 0.302. The quantitative estimate of drug-likeness (QED) is 0.800. The molecule has 0 aliphatic carbocycles. The maximum Gasteiger partial charge on any atom is 0.223 e. The van der Waals surface area contributed by atoms with Gasteiger partial charge in [-0.1, -0.05) is 6.92 Å². The van der Waals surface area contributed by atoms with Gasteiger partial charge < -0.3 is 9.64 Å². The molecule has 128 valence electrons. The van der Waals surface area contributed by atoms with Gasteiger partial charge in [0, 0.05) is 37.7 Å². The van der Waals surface area contributed by atoms with E-state index in [0.29, 0.717) is 25.0 Å². The van der Waals surface area contributed by atoms with Crippen molar-refractivity contribution in [1.29, 1.82) is 0 Å². The zero-order valence-electron chi connectivity index (χ0n) is 14.2. The zero-order chi connectivity index (χ0) is 16.3. The van der Waals surface area contributed by atoms with Crippen molar-refractivity contribution in [3.05, 3.63) is 16.6 Å². The van der Waals surface area contributed by atoms with E-state index in [1.807, 2.05) is 11.6 Å². The topological polar surface area (TPSA) is 45.7 Å². The van der Waals surface area contributed by atoms with Crippen LogP contribution in [-0.4, -0.2) is 59.1 Å². The van der Waals surface area contributed by atoms with Crippen LogP contribution >= 0.6 is 11.3 Å². The molecule has 0 N–H and O–H groups in total. The normalized spacial score (nSPS) is 28.9. The second kappa shape index (κ2) is 7.28. The molecule has 1 spiro atoms. The molecule has 2 saturated heterocycles. The molecule has 3 heterocycles. The van der Waals surface area contributed by atoms with Gasteiger partial charge in [0.15, 0.2) is 0 Å². The Bertz CT molecular complexity index is 522. The van der Waals surface area contributed by atoms with Crippen molar-refractivity contribution >= 4 is 17.2 Å². The SMILES string of the molecule is CC[C@@H]1N(Cc2nccs2)CCC[C@@]12CCC(=O)N2CCOC. The molecule has 0 aromatic carbocycles. The number of hydrogen-bond acceptors (Lipinski definition) is 5. The summed E-state index contributed by atoms with van der Waals surface area (Å²) < 4.78 is 5.25. The molecular weight excluding hydrogens is 310 g/mol. The lowest BCUT2D eigenvalue weighted by Gasteiger charge is -2.52. The Morgan fingerprint density at radius 3 is 3.04 bits per heavy atom. The Morgan fingerprint density at radius 1 is 1.48 bits per heavy atom. The van der Waals surface area contributed by atoms with Crippen LogP contribution in [0.25, 0.3) is 0 Å². The summed E-state index contributed by atoms with van der Waals surface area (Å²) in [6.07, 6.45) is 6.90. The van der Waals surface area contributed by atoms with Crippen molar-refractivity contribution in [1.82, 2.24) is 14.8 Å². The molecule has 2 aliphatic rings. The molecule has 2 aliphatic heterocycles. The molecule has 1 aromatic rings. The first-order valence-corrected chi connectivity index (χ1v) is 9.51. The molecule has 0 saturated carbocycles. The summed E-state index contributed by atoms with van der Waals surface area (Å²) in [4.78, 5) is 21.6. The van der Waals surface area contributed by atoms with Gasteiger partial charge in [-0.15, -0.1) is 11.3 Å². The first-order chi connectivity index (χ1) is 11.2. The van der Waals surface area contributed by atoms with Gasteiger partial charge in [0.05, 0.1) is 18.7 Å². The second-order valence-electron chi connectivity index (χ2n) is 6.57. The van der Waals surface area contributed by atoms with Crippen LogP contribution in [0.1, 0.15) is 44.0 Å². The lowest BCUT2D eigenvalue weighted by Crippen LogP contribution is -2.63. The average molecular weight is 337 g/mol. The molecule has 0 radical (unpaired) electrons. The minimum absolute atomic E-state index is 0.000126. The molecule has 1 amide bonds. The molecular formula is C17H27N3O2S. The van der Waals surface area contributed by atoms with Gasteiger partial charge in [-0.3, -0.25) is 9.69 Å². The van der Waals surface area contributed by atoms with E-state index in [9.17, 15) is 4.79 Å². The van der Waals surface area contributed by atoms with Crippen LogP contribution in [0, 0.1) is 0 Å². The highest BCUT2D eigenvalue weighted by atomic mass is 32.1. The van der Waals surface area contributed by atoms with Gasteiger partial charge in [0.1, 0.15) is 5.01 Å². The van der Waals surface area contributed by atoms with Gasteiger partial charge in [-0.25, -0.2) is 4.98 Å². The number of ether oxygens (including phenoxy) is 1. The highest BCUT2D eigenvalue weighted by molar-refractivity contribution is 7.09. The summed E-state index contributed by atoms with van der Waals surface area (Å²) in [5, 5.41) is 3.22. The molecule has 23 heavy (non-hydrogen) atoms. The van der Waals surface area contributed by atoms with Crippen molar-refractivity contribution in [3.63, 3.8) is 0 Å². The lowest BCUT2D eigenvalue weighted by atomic mass is 9.77. The Kier molecular flexibility index (Phi) is 5.34. The molecule has 6 heteroatoms. The molecule has 0 unspecified atom stereocenters. The molecule has 0 bridgehead atoms. The number of carbonyl (C=O) groups excluding carboxylic acids is 1. The molecule has 3 rings (SSSR count). The van der Waals surface area contributed by atoms with E-state index in [-0.39, 0.29) is 5.54 Å². The third kappa shape index (κ3) is 3.16. The van der Waals surface area contributed by atoms with Gasteiger partial charge in [0.2, 0.25) is 5.91 Å². The fourth-order valence-corrected chi connectivity index (χ4v) is 5.20. The van der Waals surface area contributed by atoms with Gasteiger partial charge >= 0.3 is 0 Å². The zero-order valence-corrected chi connectivity index (χ0v) is 15.0. The minimum Gasteiger partial charge on any atom is -0.383 e. The molecule has 1 aromatic heterocycles. The minimum atomic E-state index is -0.000126. The number of aromatic nitrogens is 1. The predicted molar refractivity (Wildman–Crippen MR) is 91.4 cm³/mol. The van der Waals surface area contributed by atoms with Crippen LogP contribution in [0.3, 0.4) is 0 Å². The van der Waals surface area contributed by atoms with Crippen molar-refractivity contribution < 1.29 is 9.53 Å². The summed E-state index contributed by atoms with van der Waals surface area (Å²) >= 11 is 1.72. The lowest BCUT2D eigenvalue weighted by molar-refractivity contribution is -0.136. The van der Waals surface area contributed by atoms with Crippen LogP contribution in [0.2, 0.25) is 0 Å². The molecule has 5 nitrogen and oxygen atoms in total. The highest BCUT2D eigenvalue weighted by Gasteiger charge is 2.52. The van der Waals surface area contributed by atoms with E-state index in [2.05, 4.69) is 21.7 Å². The first kappa shape index (κ1) is 16.9. The number of rotatable bonds is 6. The molecule has 2 atom stereocenters. The monoisotopic (exact) mass is 337 g/mol. The maximum absolute atomic E-state index is 12.5. The summed E-state index contributed by atoms with van der Waals surface area (Å²) in [5.41, 5.74) is -0.000126. The van der Waals surface area contributed by atoms with Crippen LogP contribution in [0.4, 0.5) is 0 Å². The van der Waals surface area contributed by atoms with Gasteiger partial charge in [0.25, 0.3) is 0 Å². The number of nitrogens with zero attached hydrogens (tertiary/aromatic N) is 3. The van der Waals surface area contributed by atoms with E-state index in [1.54, 1.807) is 18.4 Å². The highest BCUT2D eigenvalue weighted by Crippen LogP contribution is 2.43. The fourth-order valence-electron chi connectivity index (χ4n) is 4.56. The maximum atomic E-state index is 12.5. The number of methoxy groups -OCH3 is 1. The number of hydrogen-bond donors (Lipinski definition) is 0. The van der Waals surface area contributed by atoms with E-state index in [0.717, 1.165) is 45.3 Å². The van der Waals surface area contributed by atoms with E-state index in [4.69, 9.17) is 4.74 Å². The number of carbonyl (C=O) groups is 1. The third-order valence-electron chi connectivity index (χ3n) is 5.45. The summed E-state index contributed by atoms with van der Waals surface area (Å²) in [6.45, 7) is 5.60. The van der Waals surface area contributed by atoms with Crippen molar-refractivity contribution in [2.24, 2.45) is 0 Å².